The molecule has 0 aliphatic carbocycles. The van der Waals surface area contributed by atoms with Crippen molar-refractivity contribution in [1.82, 2.24) is 15.3 Å². The highest BCUT2D eigenvalue weighted by Gasteiger charge is 2.18. The Hall–Kier alpha value is -0.870. The number of hydrogen-bond donors (Lipinski definition) is 1. The second-order valence-corrected chi connectivity index (χ2v) is 4.20. The first-order valence-electron chi connectivity index (χ1n) is 5.18. The van der Waals surface area contributed by atoms with Gasteiger partial charge in [-0.1, -0.05) is 11.6 Å². The van der Waals surface area contributed by atoms with Crippen LogP contribution in [0.2, 0.25) is 5.15 Å². The molecular weight excluding hydrogens is 212 g/mol. The van der Waals surface area contributed by atoms with Crippen LogP contribution in [-0.2, 0) is 0 Å². The summed E-state index contributed by atoms with van der Waals surface area (Å²) in [6, 6.07) is 2.31. The molecule has 1 aliphatic heterocycles. The van der Waals surface area contributed by atoms with Crippen molar-refractivity contribution in [2.45, 2.75) is 18.9 Å². The van der Waals surface area contributed by atoms with E-state index in [-0.39, 0.29) is 0 Å². The van der Waals surface area contributed by atoms with Crippen LogP contribution in [0, 0.1) is 0 Å². The lowest BCUT2D eigenvalue weighted by molar-refractivity contribution is 0.443. The summed E-state index contributed by atoms with van der Waals surface area (Å²) in [6.07, 6.45) is 3.92. The number of hydrogen-bond acceptors (Lipinski definition) is 4. The first-order valence-corrected chi connectivity index (χ1v) is 5.56. The smallest absolute Gasteiger partial charge is 0.134 e. The number of halogens is 1. The molecular formula is C10H15ClN4. The van der Waals surface area contributed by atoms with Crippen LogP contribution in [0.1, 0.15) is 12.8 Å². The quantitative estimate of drug-likeness (QED) is 0.773. The van der Waals surface area contributed by atoms with Crippen molar-refractivity contribution in [3.8, 4) is 0 Å². The van der Waals surface area contributed by atoms with Gasteiger partial charge in [0.2, 0.25) is 0 Å². The summed E-state index contributed by atoms with van der Waals surface area (Å²) in [5, 5.41) is 3.88. The summed E-state index contributed by atoms with van der Waals surface area (Å²) in [7, 11) is 2.05. The van der Waals surface area contributed by atoms with Crippen molar-refractivity contribution >= 4 is 17.4 Å². The van der Waals surface area contributed by atoms with E-state index >= 15 is 0 Å². The van der Waals surface area contributed by atoms with Crippen LogP contribution in [0.25, 0.3) is 0 Å². The zero-order valence-electron chi connectivity index (χ0n) is 8.78. The van der Waals surface area contributed by atoms with Crippen molar-refractivity contribution in [1.29, 1.82) is 0 Å². The van der Waals surface area contributed by atoms with Crippen LogP contribution in [0.3, 0.4) is 0 Å². The van der Waals surface area contributed by atoms with Crippen molar-refractivity contribution in [3.05, 3.63) is 17.5 Å². The molecule has 0 radical (unpaired) electrons. The third-order valence-electron chi connectivity index (χ3n) is 2.80. The largest absolute Gasteiger partial charge is 0.355 e. The molecule has 2 rings (SSSR count). The molecule has 1 unspecified atom stereocenters. The van der Waals surface area contributed by atoms with Crippen LogP contribution in [0.4, 0.5) is 5.82 Å². The Labute approximate surface area is 94.7 Å². The highest BCUT2D eigenvalue weighted by Crippen LogP contribution is 2.18. The lowest BCUT2D eigenvalue weighted by atomic mass is 10.1. The summed E-state index contributed by atoms with van der Waals surface area (Å²) in [5.74, 6) is 0.892. The van der Waals surface area contributed by atoms with E-state index in [2.05, 4.69) is 27.2 Å². The number of aromatic nitrogens is 2. The summed E-state index contributed by atoms with van der Waals surface area (Å²) in [4.78, 5) is 10.3. The van der Waals surface area contributed by atoms with Gasteiger partial charge in [-0.05, 0) is 19.4 Å². The number of rotatable bonds is 2. The first-order chi connectivity index (χ1) is 7.27. The van der Waals surface area contributed by atoms with E-state index in [1.165, 1.54) is 19.2 Å². The van der Waals surface area contributed by atoms with E-state index in [9.17, 15) is 0 Å². The number of nitrogens with zero attached hydrogens (tertiary/aromatic N) is 3. The molecule has 82 valence electrons. The Kier molecular flexibility index (Phi) is 3.38. The van der Waals surface area contributed by atoms with E-state index in [1.807, 2.05) is 0 Å². The molecule has 1 saturated heterocycles. The fraction of sp³-hybridized carbons (Fsp3) is 0.600. The molecule has 4 nitrogen and oxygen atoms in total. The molecule has 1 aliphatic rings. The fourth-order valence-electron chi connectivity index (χ4n) is 1.87. The van der Waals surface area contributed by atoms with Crippen LogP contribution < -0.4 is 10.2 Å². The Morgan fingerprint density at radius 2 is 2.40 bits per heavy atom. The van der Waals surface area contributed by atoms with Gasteiger partial charge in [0, 0.05) is 25.7 Å². The van der Waals surface area contributed by atoms with E-state index in [0.717, 1.165) is 18.9 Å². The number of likely N-dealkylation sites (N-methyl/N-ethyl adjacent to an activating group) is 1. The van der Waals surface area contributed by atoms with Gasteiger partial charge < -0.3 is 10.2 Å². The topological polar surface area (TPSA) is 41.1 Å². The fourth-order valence-corrected chi connectivity index (χ4v) is 2.01. The van der Waals surface area contributed by atoms with Gasteiger partial charge in [-0.25, -0.2) is 9.97 Å². The SMILES string of the molecule is CN(c1cc(Cl)ncn1)C1CCCNC1. The maximum atomic E-state index is 5.83. The minimum atomic E-state index is 0.496. The van der Waals surface area contributed by atoms with Crippen molar-refractivity contribution in [2.24, 2.45) is 0 Å². The molecule has 0 aromatic carbocycles. The summed E-state index contributed by atoms with van der Waals surface area (Å²) >= 11 is 5.83. The molecule has 0 amide bonds. The third-order valence-corrected chi connectivity index (χ3v) is 3.01. The van der Waals surface area contributed by atoms with Gasteiger partial charge in [0.1, 0.15) is 17.3 Å². The van der Waals surface area contributed by atoms with Crippen molar-refractivity contribution < 1.29 is 0 Å². The Balaban J connectivity index is 2.08. The van der Waals surface area contributed by atoms with E-state index in [4.69, 9.17) is 11.6 Å². The van der Waals surface area contributed by atoms with E-state index in [0.29, 0.717) is 11.2 Å². The predicted octanol–water partition coefficient (Wildman–Crippen LogP) is 1.32. The molecule has 1 N–H and O–H groups in total. The summed E-state index contributed by atoms with van der Waals surface area (Å²) in [6.45, 7) is 2.13. The second-order valence-electron chi connectivity index (χ2n) is 3.81. The molecule has 1 fully saturated rings. The monoisotopic (exact) mass is 226 g/mol. The molecule has 15 heavy (non-hydrogen) atoms. The van der Waals surface area contributed by atoms with Crippen LogP contribution in [-0.4, -0.2) is 36.1 Å². The zero-order valence-corrected chi connectivity index (χ0v) is 9.54. The van der Waals surface area contributed by atoms with Crippen molar-refractivity contribution in [2.75, 3.05) is 25.0 Å². The lowest BCUT2D eigenvalue weighted by Crippen LogP contribution is -2.44. The maximum Gasteiger partial charge on any atom is 0.134 e. The molecule has 2 heterocycles. The van der Waals surface area contributed by atoms with Gasteiger partial charge in [-0.15, -0.1) is 0 Å². The van der Waals surface area contributed by atoms with E-state index in [1.54, 1.807) is 6.07 Å². The van der Waals surface area contributed by atoms with Gasteiger partial charge in [0.05, 0.1) is 0 Å². The van der Waals surface area contributed by atoms with Crippen LogP contribution in [0.15, 0.2) is 12.4 Å². The summed E-state index contributed by atoms with van der Waals surface area (Å²) < 4.78 is 0. The molecule has 0 spiro atoms. The minimum absolute atomic E-state index is 0.496. The molecule has 1 aromatic heterocycles. The standard InChI is InChI=1S/C10H15ClN4/c1-15(8-3-2-4-12-6-8)10-5-9(11)13-7-14-10/h5,7-8,12H,2-4,6H2,1H3. The molecule has 0 saturated carbocycles. The average Bonchev–Trinajstić information content (AvgIpc) is 2.29. The third kappa shape index (κ3) is 2.58. The Morgan fingerprint density at radius 3 is 3.07 bits per heavy atom. The average molecular weight is 227 g/mol. The van der Waals surface area contributed by atoms with Gasteiger partial charge in [0.25, 0.3) is 0 Å². The molecule has 1 aromatic rings. The maximum absolute atomic E-state index is 5.83. The molecule has 0 bridgehead atoms. The number of piperidine rings is 1. The lowest BCUT2D eigenvalue weighted by Gasteiger charge is -2.32. The first kappa shape index (κ1) is 10.6. The molecule has 1 atom stereocenters. The Bertz CT molecular complexity index is 325. The highest BCUT2D eigenvalue weighted by atomic mass is 35.5. The van der Waals surface area contributed by atoms with Crippen LogP contribution in [0.5, 0.6) is 0 Å². The van der Waals surface area contributed by atoms with Gasteiger partial charge in [-0.2, -0.15) is 0 Å². The normalized spacial score (nSPS) is 21.3. The van der Waals surface area contributed by atoms with Gasteiger partial charge in [0.15, 0.2) is 0 Å². The number of nitrogens with one attached hydrogen (secondary N) is 1. The molecule has 5 heteroatoms. The van der Waals surface area contributed by atoms with Crippen molar-refractivity contribution in [3.63, 3.8) is 0 Å². The predicted molar refractivity (Wildman–Crippen MR) is 61.3 cm³/mol. The minimum Gasteiger partial charge on any atom is -0.355 e. The van der Waals surface area contributed by atoms with Gasteiger partial charge in [-0.3, -0.25) is 0 Å². The zero-order chi connectivity index (χ0) is 10.7. The second kappa shape index (κ2) is 4.77. The van der Waals surface area contributed by atoms with E-state index < -0.39 is 0 Å². The van der Waals surface area contributed by atoms with Gasteiger partial charge >= 0.3 is 0 Å². The summed E-state index contributed by atoms with van der Waals surface area (Å²) in [5.41, 5.74) is 0. The highest BCUT2D eigenvalue weighted by molar-refractivity contribution is 6.29. The Morgan fingerprint density at radius 1 is 1.53 bits per heavy atom. The van der Waals surface area contributed by atoms with Crippen LogP contribution >= 0.6 is 11.6 Å². The number of anilines is 1.